The van der Waals surface area contributed by atoms with Crippen molar-refractivity contribution in [1.29, 1.82) is 0 Å². The van der Waals surface area contributed by atoms with Crippen molar-refractivity contribution in [3.63, 3.8) is 0 Å². The molecule has 27 heavy (non-hydrogen) atoms. The van der Waals surface area contributed by atoms with Crippen molar-refractivity contribution in [2.24, 2.45) is 0 Å². The molecule has 1 fully saturated rings. The highest BCUT2D eigenvalue weighted by Gasteiger charge is 2.50. The van der Waals surface area contributed by atoms with Gasteiger partial charge in [-0.25, -0.2) is 14.4 Å². The van der Waals surface area contributed by atoms with Gasteiger partial charge in [-0.3, -0.25) is 10.5 Å². The van der Waals surface area contributed by atoms with E-state index in [1.165, 1.54) is 18.2 Å². The Labute approximate surface area is 153 Å². The number of benzene rings is 2. The Bertz CT molecular complexity index is 932. The van der Waals surface area contributed by atoms with Gasteiger partial charge in [-0.2, -0.15) is 5.06 Å². The molecule has 0 aromatic heterocycles. The average molecular weight is 369 g/mol. The van der Waals surface area contributed by atoms with Crippen molar-refractivity contribution >= 4 is 23.8 Å². The van der Waals surface area contributed by atoms with Gasteiger partial charge in [-0.05, 0) is 35.4 Å². The minimum absolute atomic E-state index is 0.0406. The molecule has 2 aliphatic rings. The van der Waals surface area contributed by atoms with Crippen molar-refractivity contribution in [3.05, 3.63) is 59.7 Å². The van der Waals surface area contributed by atoms with Crippen molar-refractivity contribution in [3.8, 4) is 5.75 Å². The third-order valence-corrected chi connectivity index (χ3v) is 4.59. The number of nitrogens with zero attached hydrogens (tertiary/aromatic N) is 2. The summed E-state index contributed by atoms with van der Waals surface area (Å²) in [6.45, 7) is 0.0406. The minimum atomic E-state index is -1.20. The van der Waals surface area contributed by atoms with E-state index >= 15 is 0 Å². The van der Waals surface area contributed by atoms with Crippen molar-refractivity contribution in [2.75, 3.05) is 11.9 Å². The number of ether oxygens (including phenoxy) is 1. The van der Waals surface area contributed by atoms with Crippen molar-refractivity contribution in [1.82, 2.24) is 9.96 Å². The molecule has 9 nitrogen and oxygen atoms in total. The summed E-state index contributed by atoms with van der Waals surface area (Å²) in [5.41, 5.74) is 1.36. The first-order valence-electron chi connectivity index (χ1n) is 8.15. The highest BCUT2D eigenvalue weighted by Crippen LogP contribution is 2.44. The molecule has 2 aromatic carbocycles. The molecule has 2 aromatic rings. The summed E-state index contributed by atoms with van der Waals surface area (Å²) in [6.07, 6.45) is -0.711. The number of rotatable bonds is 3. The van der Waals surface area contributed by atoms with E-state index < -0.39 is 30.2 Å². The molecule has 0 saturated carbocycles. The zero-order valence-corrected chi connectivity index (χ0v) is 13.9. The van der Waals surface area contributed by atoms with Crippen LogP contribution in [0.1, 0.15) is 23.2 Å². The third kappa shape index (κ3) is 2.83. The predicted molar refractivity (Wildman–Crippen MR) is 91.4 cm³/mol. The Kier molecular flexibility index (Phi) is 3.93. The monoisotopic (exact) mass is 369 g/mol. The number of fused-ring (bicyclic) bond motifs is 4. The molecule has 138 valence electrons. The summed E-state index contributed by atoms with van der Waals surface area (Å²) < 4.78 is 5.25. The summed E-state index contributed by atoms with van der Waals surface area (Å²) in [5.74, 6) is -1.03. The molecule has 3 amide bonds. The Morgan fingerprint density at radius 3 is 2.56 bits per heavy atom. The maximum absolute atomic E-state index is 12.1. The van der Waals surface area contributed by atoms with Gasteiger partial charge in [0.05, 0.1) is 6.54 Å². The van der Waals surface area contributed by atoms with Crippen LogP contribution < -0.4 is 10.1 Å². The number of hydrogen-bond donors (Lipinski definition) is 3. The predicted octanol–water partition coefficient (Wildman–Crippen LogP) is 2.60. The lowest BCUT2D eigenvalue weighted by Crippen LogP contribution is -2.38. The molecule has 4 rings (SSSR count). The number of para-hydroxylation sites is 1. The molecular weight excluding hydrogens is 354 g/mol. The maximum Gasteiger partial charge on any atom is 0.417 e. The van der Waals surface area contributed by atoms with Crippen LogP contribution in [0.25, 0.3) is 0 Å². The number of carbonyl (C=O) groups is 3. The molecule has 2 aliphatic heterocycles. The van der Waals surface area contributed by atoms with E-state index in [9.17, 15) is 24.7 Å². The molecule has 3 N–H and O–H groups in total. The second-order valence-electron chi connectivity index (χ2n) is 6.21. The van der Waals surface area contributed by atoms with Gasteiger partial charge in [0.1, 0.15) is 11.8 Å². The lowest BCUT2D eigenvalue weighted by atomic mass is 9.91. The summed E-state index contributed by atoms with van der Waals surface area (Å²) in [6, 6.07) is 10.5. The molecule has 2 unspecified atom stereocenters. The Hall–Kier alpha value is -3.59. The normalized spacial score (nSPS) is 20.3. The van der Waals surface area contributed by atoms with Crippen LogP contribution in [0.5, 0.6) is 5.75 Å². The van der Waals surface area contributed by atoms with Gasteiger partial charge >= 0.3 is 18.1 Å². The van der Waals surface area contributed by atoms with E-state index in [2.05, 4.69) is 5.32 Å². The van der Waals surface area contributed by atoms with Gasteiger partial charge in [0.25, 0.3) is 0 Å². The van der Waals surface area contributed by atoms with Crippen LogP contribution in [0.3, 0.4) is 0 Å². The van der Waals surface area contributed by atoms with E-state index in [1.54, 1.807) is 24.3 Å². The van der Waals surface area contributed by atoms with Crippen LogP contribution >= 0.6 is 0 Å². The number of hydroxylamine groups is 2. The van der Waals surface area contributed by atoms with E-state index in [-0.39, 0.29) is 12.3 Å². The van der Waals surface area contributed by atoms with Gasteiger partial charge in [-0.15, -0.1) is 0 Å². The molecule has 1 saturated heterocycles. The summed E-state index contributed by atoms with van der Waals surface area (Å²) in [7, 11) is 0. The number of carboxylic acid groups (broad SMARTS) is 1. The first kappa shape index (κ1) is 16.9. The maximum atomic E-state index is 12.1. The smallest absolute Gasteiger partial charge is 0.417 e. The third-order valence-electron chi connectivity index (χ3n) is 4.59. The van der Waals surface area contributed by atoms with E-state index in [1.807, 2.05) is 6.07 Å². The number of aliphatic carboxylic acids is 1. The number of carbonyl (C=O) groups excluding carboxylic acids is 2. The molecule has 9 heteroatoms. The average Bonchev–Trinajstić information content (AvgIpc) is 2.89. The molecule has 0 aliphatic carbocycles. The van der Waals surface area contributed by atoms with Gasteiger partial charge in [0, 0.05) is 5.69 Å². The van der Waals surface area contributed by atoms with Crippen LogP contribution in [0, 0.1) is 0 Å². The lowest BCUT2D eigenvalue weighted by Gasteiger charge is -2.30. The first-order valence-corrected chi connectivity index (χ1v) is 8.15. The van der Waals surface area contributed by atoms with Crippen LogP contribution in [0.4, 0.5) is 15.3 Å². The molecule has 2 heterocycles. The fraction of sp³-hybridized carbons (Fsp3) is 0.167. The molecule has 0 radical (unpaired) electrons. The molecular formula is C18H15N3O6. The number of anilines is 1. The topological polar surface area (TPSA) is 119 Å². The van der Waals surface area contributed by atoms with Gasteiger partial charge in [0.15, 0.2) is 6.04 Å². The second-order valence-corrected chi connectivity index (χ2v) is 6.21. The quantitative estimate of drug-likeness (QED) is 0.716. The fourth-order valence-corrected chi connectivity index (χ4v) is 3.41. The Balaban J connectivity index is 1.61. The molecule has 2 atom stereocenters. The second kappa shape index (κ2) is 6.29. The molecule has 2 bridgehead atoms. The van der Waals surface area contributed by atoms with Crippen LogP contribution in [-0.4, -0.2) is 44.9 Å². The number of amides is 3. The largest absolute Gasteiger partial charge is 0.479 e. The summed E-state index contributed by atoms with van der Waals surface area (Å²) >= 11 is 0. The minimum Gasteiger partial charge on any atom is -0.479 e. The number of urea groups is 1. The number of hydrogen-bond acceptors (Lipinski definition) is 5. The number of nitrogens with one attached hydrogen (secondary N) is 1. The summed E-state index contributed by atoms with van der Waals surface area (Å²) in [5, 5.41) is 22.6. The van der Waals surface area contributed by atoms with Crippen LogP contribution in [-0.2, 0) is 4.79 Å². The lowest BCUT2D eigenvalue weighted by molar-refractivity contribution is -0.142. The van der Waals surface area contributed by atoms with Gasteiger partial charge < -0.3 is 14.7 Å². The standard InChI is InChI=1S/C18H15N3O6/c22-16(23)15-12-7-6-11(27-17(24)19-10-4-2-1-3-5-10)8-13(12)14-9-20(15)18(25)21(14)26/h1-8,14-15,26H,9H2,(H,19,24)(H,22,23). The van der Waals surface area contributed by atoms with E-state index in [4.69, 9.17) is 4.74 Å². The summed E-state index contributed by atoms with van der Waals surface area (Å²) in [4.78, 5) is 36.9. The van der Waals surface area contributed by atoms with Gasteiger partial charge in [-0.1, -0.05) is 24.3 Å². The van der Waals surface area contributed by atoms with E-state index in [0.717, 1.165) is 4.90 Å². The Morgan fingerprint density at radius 2 is 1.85 bits per heavy atom. The fourth-order valence-electron chi connectivity index (χ4n) is 3.41. The van der Waals surface area contributed by atoms with Crippen molar-refractivity contribution in [2.45, 2.75) is 12.1 Å². The van der Waals surface area contributed by atoms with E-state index in [0.29, 0.717) is 21.9 Å². The first-order chi connectivity index (χ1) is 13.0. The highest BCUT2D eigenvalue weighted by atomic mass is 16.6. The van der Waals surface area contributed by atoms with Crippen LogP contribution in [0.15, 0.2) is 48.5 Å². The Morgan fingerprint density at radius 1 is 1.11 bits per heavy atom. The zero-order chi connectivity index (χ0) is 19.1. The zero-order valence-electron chi connectivity index (χ0n) is 13.9. The van der Waals surface area contributed by atoms with Crippen LogP contribution in [0.2, 0.25) is 0 Å². The highest BCUT2D eigenvalue weighted by molar-refractivity contribution is 5.88. The number of carboxylic acids is 1. The van der Waals surface area contributed by atoms with Crippen molar-refractivity contribution < 1.29 is 29.4 Å². The van der Waals surface area contributed by atoms with Gasteiger partial charge in [0.2, 0.25) is 0 Å². The SMILES string of the molecule is O=C(Nc1ccccc1)Oc1ccc2c(c1)C1CN(C(=O)N1O)C2C(=O)O. The molecule has 0 spiro atoms.